The van der Waals surface area contributed by atoms with Gasteiger partial charge in [0.1, 0.15) is 6.04 Å². The summed E-state index contributed by atoms with van der Waals surface area (Å²) in [5.41, 5.74) is 5.88. The molecule has 5 heteroatoms. The predicted molar refractivity (Wildman–Crippen MR) is 100 cm³/mol. The number of benzene rings is 2. The summed E-state index contributed by atoms with van der Waals surface area (Å²) in [4.78, 5) is 0. The van der Waals surface area contributed by atoms with Crippen LogP contribution in [0.4, 0.5) is 0 Å². The average Bonchev–Trinajstić information content (AvgIpc) is 2.63. The molecule has 1 atom stereocenters. The van der Waals surface area contributed by atoms with Crippen molar-refractivity contribution in [2.75, 3.05) is 42.0 Å². The van der Waals surface area contributed by atoms with Crippen LogP contribution in [0.2, 0.25) is 0 Å². The highest BCUT2D eigenvalue weighted by Gasteiger charge is 2.43. The number of hydrogen-bond donors (Lipinski definition) is 1. The first-order valence-electron chi connectivity index (χ1n) is 8.92. The highest BCUT2D eigenvalue weighted by Crippen LogP contribution is 2.54. The second-order valence-corrected chi connectivity index (χ2v) is 7.71. The molecule has 0 spiro atoms. The number of quaternary nitrogens is 1. The number of fused-ring (bicyclic) bond motifs is 2. The number of rotatable bonds is 3. The summed E-state index contributed by atoms with van der Waals surface area (Å²) in [6.45, 7) is 1.08. The second kappa shape index (κ2) is 5.81. The molecule has 0 aromatic heterocycles. The standard InChI is InChI=1S/C21H25NO4/c1-22(2)7-6-12-9-18(25-4)21(26-5)20-14-11-16(23)17(24-3)10-13(14)8-15(22)19(12)20/h9-11,15H,6-8H2,1-5H3/p+1. The number of ether oxygens (including phenoxy) is 3. The zero-order valence-electron chi connectivity index (χ0n) is 16.0. The van der Waals surface area contributed by atoms with Crippen molar-refractivity contribution in [3.63, 3.8) is 0 Å². The van der Waals surface area contributed by atoms with Crippen LogP contribution >= 0.6 is 0 Å². The van der Waals surface area contributed by atoms with E-state index in [0.29, 0.717) is 11.8 Å². The Morgan fingerprint density at radius 1 is 0.962 bits per heavy atom. The molecule has 4 rings (SSSR count). The first-order valence-corrected chi connectivity index (χ1v) is 8.92. The number of aromatic hydroxyl groups is 1. The minimum atomic E-state index is 0.146. The van der Waals surface area contributed by atoms with Gasteiger partial charge in [-0.05, 0) is 34.9 Å². The SMILES string of the molecule is COc1cc2c(cc1O)-c1c(OC)c(OC)cc3c1C(C2)[N+](C)(C)CC3. The van der Waals surface area contributed by atoms with Gasteiger partial charge in [-0.3, -0.25) is 0 Å². The lowest BCUT2D eigenvalue weighted by atomic mass is 9.75. The molecule has 5 nitrogen and oxygen atoms in total. The third-order valence-corrected chi connectivity index (χ3v) is 6.02. The number of nitrogens with zero attached hydrogens (tertiary/aromatic N) is 1. The van der Waals surface area contributed by atoms with E-state index in [1.807, 2.05) is 6.07 Å². The smallest absolute Gasteiger partial charge is 0.169 e. The monoisotopic (exact) mass is 356 g/mol. The average molecular weight is 356 g/mol. The van der Waals surface area contributed by atoms with Crippen molar-refractivity contribution in [1.82, 2.24) is 0 Å². The summed E-state index contributed by atoms with van der Waals surface area (Å²) in [6, 6.07) is 6.23. The highest BCUT2D eigenvalue weighted by molar-refractivity contribution is 5.84. The summed E-state index contributed by atoms with van der Waals surface area (Å²) in [5.74, 6) is 2.14. The van der Waals surface area contributed by atoms with Crippen LogP contribution in [-0.4, -0.2) is 51.6 Å². The van der Waals surface area contributed by atoms with Crippen molar-refractivity contribution < 1.29 is 23.8 Å². The zero-order valence-corrected chi connectivity index (χ0v) is 16.0. The third-order valence-electron chi connectivity index (χ3n) is 6.02. The lowest BCUT2D eigenvalue weighted by molar-refractivity contribution is -0.923. The normalized spacial score (nSPS) is 19.3. The maximum absolute atomic E-state index is 10.4. The zero-order chi connectivity index (χ0) is 18.6. The van der Waals surface area contributed by atoms with Crippen molar-refractivity contribution in [2.45, 2.75) is 18.9 Å². The van der Waals surface area contributed by atoms with Gasteiger partial charge in [0, 0.05) is 24.0 Å². The van der Waals surface area contributed by atoms with Crippen LogP contribution in [0.3, 0.4) is 0 Å². The lowest BCUT2D eigenvalue weighted by Crippen LogP contribution is -2.49. The van der Waals surface area contributed by atoms with Crippen LogP contribution in [0.1, 0.15) is 22.7 Å². The van der Waals surface area contributed by atoms with Gasteiger partial charge < -0.3 is 23.8 Å². The van der Waals surface area contributed by atoms with Crippen LogP contribution in [0.15, 0.2) is 18.2 Å². The summed E-state index contributed by atoms with van der Waals surface area (Å²) < 4.78 is 17.7. The number of hydrogen-bond acceptors (Lipinski definition) is 4. The molecule has 1 unspecified atom stereocenters. The maximum Gasteiger partial charge on any atom is 0.169 e. The molecular formula is C21H26NO4+. The van der Waals surface area contributed by atoms with E-state index >= 15 is 0 Å². The summed E-state index contributed by atoms with van der Waals surface area (Å²) >= 11 is 0. The molecule has 0 saturated heterocycles. The fourth-order valence-corrected chi connectivity index (χ4v) is 4.56. The third kappa shape index (κ3) is 2.27. The molecule has 1 aliphatic carbocycles. The number of methoxy groups -OCH3 is 3. The van der Waals surface area contributed by atoms with Crippen LogP contribution in [0.25, 0.3) is 11.1 Å². The van der Waals surface area contributed by atoms with Gasteiger partial charge in [0.2, 0.25) is 0 Å². The van der Waals surface area contributed by atoms with Crippen molar-refractivity contribution in [2.24, 2.45) is 0 Å². The number of likely N-dealkylation sites (N-methyl/N-ethyl adjacent to an activating group) is 1. The number of phenols is 1. The van der Waals surface area contributed by atoms with E-state index in [-0.39, 0.29) is 5.75 Å². The van der Waals surface area contributed by atoms with E-state index < -0.39 is 0 Å². The van der Waals surface area contributed by atoms with Crippen molar-refractivity contribution in [3.8, 4) is 34.1 Å². The van der Waals surface area contributed by atoms with Gasteiger partial charge >= 0.3 is 0 Å². The Hall–Kier alpha value is -2.40. The molecule has 0 bridgehead atoms. The Kier molecular flexibility index (Phi) is 3.81. The maximum atomic E-state index is 10.4. The molecule has 26 heavy (non-hydrogen) atoms. The molecule has 2 aromatic carbocycles. The van der Waals surface area contributed by atoms with Crippen molar-refractivity contribution >= 4 is 0 Å². The summed E-state index contributed by atoms with van der Waals surface area (Å²) in [5, 5.41) is 10.4. The van der Waals surface area contributed by atoms with Crippen LogP contribution in [0, 0.1) is 0 Å². The molecule has 0 radical (unpaired) electrons. The van der Waals surface area contributed by atoms with E-state index in [0.717, 1.165) is 46.5 Å². The molecule has 1 aliphatic heterocycles. The molecule has 0 saturated carbocycles. The minimum Gasteiger partial charge on any atom is -0.504 e. The molecule has 1 N–H and O–H groups in total. The predicted octanol–water partition coefficient (Wildman–Crippen LogP) is 3.31. The van der Waals surface area contributed by atoms with Crippen molar-refractivity contribution in [1.29, 1.82) is 0 Å². The van der Waals surface area contributed by atoms with Gasteiger partial charge in [0.15, 0.2) is 23.0 Å². The summed E-state index contributed by atoms with van der Waals surface area (Å²) in [7, 11) is 9.51. The largest absolute Gasteiger partial charge is 0.504 e. The van der Waals surface area contributed by atoms with E-state index in [2.05, 4.69) is 20.2 Å². The van der Waals surface area contributed by atoms with Gasteiger partial charge in [-0.2, -0.15) is 0 Å². The van der Waals surface area contributed by atoms with Crippen LogP contribution < -0.4 is 14.2 Å². The van der Waals surface area contributed by atoms with Gasteiger partial charge in [0.05, 0.1) is 42.0 Å². The van der Waals surface area contributed by atoms with E-state index in [1.54, 1.807) is 27.4 Å². The molecule has 1 heterocycles. The Labute approximate surface area is 154 Å². The van der Waals surface area contributed by atoms with E-state index in [4.69, 9.17) is 14.2 Å². The highest BCUT2D eigenvalue weighted by atomic mass is 16.5. The van der Waals surface area contributed by atoms with Gasteiger partial charge in [0.25, 0.3) is 0 Å². The molecule has 2 aromatic rings. The molecule has 0 amide bonds. The minimum absolute atomic E-state index is 0.146. The van der Waals surface area contributed by atoms with Crippen LogP contribution in [0.5, 0.6) is 23.0 Å². The second-order valence-electron chi connectivity index (χ2n) is 7.71. The van der Waals surface area contributed by atoms with E-state index in [1.165, 1.54) is 16.7 Å². The molecule has 138 valence electrons. The van der Waals surface area contributed by atoms with E-state index in [9.17, 15) is 5.11 Å². The lowest BCUT2D eigenvalue weighted by Gasteiger charge is -2.46. The van der Waals surface area contributed by atoms with Gasteiger partial charge in [-0.1, -0.05) is 0 Å². The Bertz CT molecular complexity index is 888. The van der Waals surface area contributed by atoms with Gasteiger partial charge in [-0.25, -0.2) is 0 Å². The molecular weight excluding hydrogens is 330 g/mol. The summed E-state index contributed by atoms with van der Waals surface area (Å²) in [6.07, 6.45) is 1.91. The van der Waals surface area contributed by atoms with Crippen LogP contribution in [-0.2, 0) is 12.8 Å². The quantitative estimate of drug-likeness (QED) is 0.857. The van der Waals surface area contributed by atoms with Crippen molar-refractivity contribution in [3.05, 3.63) is 34.9 Å². The number of phenolic OH excluding ortho intramolecular Hbond substituents is 1. The Morgan fingerprint density at radius 3 is 2.31 bits per heavy atom. The molecule has 0 fully saturated rings. The first-order chi connectivity index (χ1) is 12.4. The first kappa shape index (κ1) is 17.0. The fraction of sp³-hybridized carbons (Fsp3) is 0.429. The molecule has 2 aliphatic rings. The Morgan fingerprint density at radius 2 is 1.65 bits per heavy atom. The fourth-order valence-electron chi connectivity index (χ4n) is 4.56. The topological polar surface area (TPSA) is 47.9 Å². The van der Waals surface area contributed by atoms with Gasteiger partial charge in [-0.15, -0.1) is 0 Å². The Balaban J connectivity index is 2.09.